The van der Waals surface area contributed by atoms with Crippen LogP contribution in [0, 0.1) is 6.92 Å². The van der Waals surface area contributed by atoms with E-state index in [1.807, 2.05) is 20.0 Å². The minimum Gasteiger partial charge on any atom is -0.348 e. The summed E-state index contributed by atoms with van der Waals surface area (Å²) in [5, 5.41) is 6.71. The number of rotatable bonds is 5. The van der Waals surface area contributed by atoms with Crippen LogP contribution in [-0.4, -0.2) is 24.0 Å². The predicted octanol–water partition coefficient (Wildman–Crippen LogP) is 0.677. The van der Waals surface area contributed by atoms with Gasteiger partial charge in [-0.2, -0.15) is 0 Å². The normalized spacial score (nSPS) is 10.1. The van der Waals surface area contributed by atoms with E-state index in [1.54, 1.807) is 11.3 Å². The topological polar surface area (TPSA) is 54.0 Å². The highest BCUT2D eigenvalue weighted by atomic mass is 32.1. The molecule has 0 radical (unpaired) electrons. The number of aromatic nitrogens is 1. The fraction of sp³-hybridized carbons (Fsp3) is 0.556. The molecule has 1 rings (SSSR count). The van der Waals surface area contributed by atoms with Gasteiger partial charge in [-0.15, -0.1) is 11.3 Å². The summed E-state index contributed by atoms with van der Waals surface area (Å²) in [6, 6.07) is 0. The van der Waals surface area contributed by atoms with Crippen molar-refractivity contribution in [1.82, 2.24) is 15.6 Å². The fourth-order valence-electron chi connectivity index (χ4n) is 0.958. The van der Waals surface area contributed by atoms with Crippen LogP contribution in [0.4, 0.5) is 0 Å². The van der Waals surface area contributed by atoms with E-state index in [0.717, 1.165) is 11.6 Å². The molecule has 0 saturated carbocycles. The van der Waals surface area contributed by atoms with Crippen molar-refractivity contribution in [3.8, 4) is 0 Å². The smallest absolute Gasteiger partial charge is 0.234 e. The Morgan fingerprint density at radius 3 is 3.00 bits per heavy atom. The summed E-state index contributed by atoms with van der Waals surface area (Å²) in [5.41, 5.74) is 0. The van der Waals surface area contributed by atoms with Gasteiger partial charge >= 0.3 is 0 Å². The lowest BCUT2D eigenvalue weighted by Gasteiger charge is -2.02. The number of nitrogens with zero attached hydrogens (tertiary/aromatic N) is 1. The second-order valence-corrected chi connectivity index (χ2v) is 4.24. The zero-order valence-corrected chi connectivity index (χ0v) is 9.28. The van der Waals surface area contributed by atoms with E-state index in [-0.39, 0.29) is 5.91 Å². The molecule has 4 nitrogen and oxygen atoms in total. The predicted molar refractivity (Wildman–Crippen MR) is 57.2 cm³/mol. The maximum absolute atomic E-state index is 11.2. The molecule has 5 heteroatoms. The summed E-state index contributed by atoms with van der Waals surface area (Å²) in [6.45, 7) is 5.69. The third-order valence-electron chi connectivity index (χ3n) is 1.64. The van der Waals surface area contributed by atoms with Crippen LogP contribution in [-0.2, 0) is 11.3 Å². The Labute approximate surface area is 87.7 Å². The first kappa shape index (κ1) is 11.1. The van der Waals surface area contributed by atoms with Crippen molar-refractivity contribution in [2.75, 3.05) is 13.1 Å². The maximum Gasteiger partial charge on any atom is 0.234 e. The van der Waals surface area contributed by atoms with Gasteiger partial charge in [0.25, 0.3) is 0 Å². The third kappa shape index (κ3) is 3.85. The van der Waals surface area contributed by atoms with E-state index in [0.29, 0.717) is 13.1 Å². The van der Waals surface area contributed by atoms with Crippen molar-refractivity contribution < 1.29 is 4.79 Å². The maximum atomic E-state index is 11.2. The third-order valence-corrected chi connectivity index (χ3v) is 2.55. The molecule has 0 bridgehead atoms. The van der Waals surface area contributed by atoms with Crippen molar-refractivity contribution in [3.05, 3.63) is 16.1 Å². The Morgan fingerprint density at radius 2 is 2.43 bits per heavy atom. The molecule has 0 fully saturated rings. The quantitative estimate of drug-likeness (QED) is 0.756. The van der Waals surface area contributed by atoms with Crippen LogP contribution in [0.1, 0.15) is 16.8 Å². The molecule has 0 atom stereocenters. The molecule has 2 N–H and O–H groups in total. The number of nitrogens with one attached hydrogen (secondary N) is 2. The van der Waals surface area contributed by atoms with E-state index in [4.69, 9.17) is 0 Å². The van der Waals surface area contributed by atoms with Crippen LogP contribution >= 0.6 is 11.3 Å². The second kappa shape index (κ2) is 5.72. The van der Waals surface area contributed by atoms with Gasteiger partial charge in [-0.25, -0.2) is 4.98 Å². The van der Waals surface area contributed by atoms with Gasteiger partial charge in [0.15, 0.2) is 0 Å². The van der Waals surface area contributed by atoms with Crippen LogP contribution < -0.4 is 10.6 Å². The largest absolute Gasteiger partial charge is 0.348 e. The molecule has 1 aromatic rings. The summed E-state index contributed by atoms with van der Waals surface area (Å²) in [7, 11) is 0. The highest BCUT2D eigenvalue weighted by Crippen LogP contribution is 2.10. The zero-order chi connectivity index (χ0) is 10.4. The molecular weight excluding hydrogens is 198 g/mol. The van der Waals surface area contributed by atoms with E-state index in [9.17, 15) is 4.79 Å². The first-order valence-electron chi connectivity index (χ1n) is 4.61. The first-order chi connectivity index (χ1) is 6.72. The lowest BCUT2D eigenvalue weighted by Crippen LogP contribution is -2.33. The van der Waals surface area contributed by atoms with Gasteiger partial charge in [0, 0.05) is 11.1 Å². The fourth-order valence-corrected chi connectivity index (χ4v) is 1.69. The van der Waals surface area contributed by atoms with Gasteiger partial charge in [0.1, 0.15) is 5.01 Å². The lowest BCUT2D eigenvalue weighted by molar-refractivity contribution is -0.120. The van der Waals surface area contributed by atoms with Gasteiger partial charge in [-0.3, -0.25) is 4.79 Å². The van der Waals surface area contributed by atoms with Crippen molar-refractivity contribution in [1.29, 1.82) is 0 Å². The molecule has 1 amide bonds. The first-order valence-corrected chi connectivity index (χ1v) is 5.42. The van der Waals surface area contributed by atoms with Crippen LogP contribution in [0.25, 0.3) is 0 Å². The Kier molecular flexibility index (Phi) is 4.55. The molecule has 14 heavy (non-hydrogen) atoms. The average molecular weight is 213 g/mol. The minimum absolute atomic E-state index is 0.0136. The average Bonchev–Trinajstić information content (AvgIpc) is 2.58. The van der Waals surface area contributed by atoms with Gasteiger partial charge < -0.3 is 10.6 Å². The van der Waals surface area contributed by atoms with Gasteiger partial charge in [0.2, 0.25) is 5.91 Å². The van der Waals surface area contributed by atoms with E-state index >= 15 is 0 Å². The summed E-state index contributed by atoms with van der Waals surface area (Å²) < 4.78 is 0. The molecule has 0 spiro atoms. The number of aryl methyl sites for hydroxylation is 1. The molecule has 0 aromatic carbocycles. The van der Waals surface area contributed by atoms with E-state index in [1.165, 1.54) is 4.88 Å². The van der Waals surface area contributed by atoms with Crippen LogP contribution in [0.3, 0.4) is 0 Å². The standard InChI is InChI=1S/C9H15N3OS/c1-3-10-5-8(13)11-6-9-12-4-7(2)14-9/h4,10H,3,5-6H2,1-2H3,(H,11,13). The molecule has 0 aliphatic carbocycles. The van der Waals surface area contributed by atoms with Crippen LogP contribution in [0.15, 0.2) is 6.20 Å². The summed E-state index contributed by atoms with van der Waals surface area (Å²) in [4.78, 5) is 16.5. The van der Waals surface area contributed by atoms with Crippen LogP contribution in [0.5, 0.6) is 0 Å². The molecule has 1 heterocycles. The summed E-state index contributed by atoms with van der Waals surface area (Å²) >= 11 is 1.61. The van der Waals surface area contributed by atoms with Gasteiger partial charge in [-0.1, -0.05) is 6.92 Å². The minimum atomic E-state index is 0.0136. The SMILES string of the molecule is CCNCC(=O)NCc1ncc(C)s1. The summed E-state index contributed by atoms with van der Waals surface area (Å²) in [5.74, 6) is 0.0136. The van der Waals surface area contributed by atoms with Crippen molar-refractivity contribution in [2.24, 2.45) is 0 Å². The number of carbonyl (C=O) groups excluding carboxylic acids is 1. The Hall–Kier alpha value is -0.940. The van der Waals surface area contributed by atoms with Crippen molar-refractivity contribution in [3.63, 3.8) is 0 Å². The highest BCUT2D eigenvalue weighted by molar-refractivity contribution is 7.11. The monoisotopic (exact) mass is 213 g/mol. The lowest BCUT2D eigenvalue weighted by atomic mass is 10.5. The Bertz CT molecular complexity index is 298. The number of likely N-dealkylation sites (N-methyl/N-ethyl adjacent to an activating group) is 1. The number of amides is 1. The van der Waals surface area contributed by atoms with Gasteiger partial charge in [0.05, 0.1) is 13.1 Å². The molecule has 0 unspecified atom stereocenters. The Morgan fingerprint density at radius 1 is 1.64 bits per heavy atom. The molecule has 0 aliphatic rings. The molecular formula is C9H15N3OS. The molecule has 78 valence electrons. The number of carbonyl (C=O) groups is 1. The molecule has 1 aromatic heterocycles. The van der Waals surface area contributed by atoms with Gasteiger partial charge in [-0.05, 0) is 13.5 Å². The van der Waals surface area contributed by atoms with Crippen molar-refractivity contribution >= 4 is 17.2 Å². The Balaban J connectivity index is 2.23. The van der Waals surface area contributed by atoms with Crippen LogP contribution in [0.2, 0.25) is 0 Å². The molecule has 0 aliphatic heterocycles. The zero-order valence-electron chi connectivity index (χ0n) is 8.46. The number of thiazole rings is 1. The number of hydrogen-bond acceptors (Lipinski definition) is 4. The van der Waals surface area contributed by atoms with E-state index < -0.39 is 0 Å². The molecule has 0 saturated heterocycles. The number of hydrogen-bond donors (Lipinski definition) is 2. The van der Waals surface area contributed by atoms with Crippen molar-refractivity contribution in [2.45, 2.75) is 20.4 Å². The second-order valence-electron chi connectivity index (χ2n) is 2.92. The highest BCUT2D eigenvalue weighted by Gasteiger charge is 2.02. The summed E-state index contributed by atoms with van der Waals surface area (Å²) in [6.07, 6.45) is 1.82. The van der Waals surface area contributed by atoms with E-state index in [2.05, 4.69) is 15.6 Å².